The van der Waals surface area contributed by atoms with Gasteiger partial charge in [-0.3, -0.25) is 5.43 Å². The average Bonchev–Trinajstić information content (AvgIpc) is 2.88. The number of benzene rings is 2. The molecule has 0 amide bonds. The van der Waals surface area contributed by atoms with Crippen LogP contribution in [0.5, 0.6) is 5.75 Å². The SMILES string of the molecule is COc1ccccc1Cc1cc(-c2ccc(C)cc2)nnc1N/N=C/[C@H](O)[C@@H](O)[C@H](O)[C@H](O)CO. The molecule has 1 heterocycles. The zero-order chi connectivity index (χ0) is 25.4. The van der Waals surface area contributed by atoms with E-state index in [4.69, 9.17) is 9.84 Å². The molecule has 2 aromatic carbocycles. The van der Waals surface area contributed by atoms with Gasteiger partial charge in [0.2, 0.25) is 0 Å². The van der Waals surface area contributed by atoms with Crippen LogP contribution < -0.4 is 10.2 Å². The fraction of sp³-hybridized carbons (Fsp3) is 0.320. The van der Waals surface area contributed by atoms with E-state index in [1.807, 2.05) is 61.5 Å². The van der Waals surface area contributed by atoms with E-state index in [0.29, 0.717) is 23.7 Å². The summed E-state index contributed by atoms with van der Waals surface area (Å²) >= 11 is 0. The summed E-state index contributed by atoms with van der Waals surface area (Å²) in [5, 5.41) is 60.6. The molecule has 1 aromatic heterocycles. The number of hydrogen-bond acceptors (Lipinski definition) is 10. The first-order valence-corrected chi connectivity index (χ1v) is 11.0. The number of para-hydroxylation sites is 1. The normalized spacial score (nSPS) is 14.9. The van der Waals surface area contributed by atoms with E-state index in [1.165, 1.54) is 0 Å². The monoisotopic (exact) mass is 482 g/mol. The molecule has 0 bridgehead atoms. The number of nitrogens with one attached hydrogen (secondary N) is 1. The van der Waals surface area contributed by atoms with Gasteiger partial charge in [-0.2, -0.15) is 5.10 Å². The van der Waals surface area contributed by atoms with Crippen molar-refractivity contribution in [3.63, 3.8) is 0 Å². The average molecular weight is 483 g/mol. The summed E-state index contributed by atoms with van der Waals surface area (Å²) in [6.07, 6.45) is -5.32. The van der Waals surface area contributed by atoms with Crippen molar-refractivity contribution >= 4 is 12.0 Å². The van der Waals surface area contributed by atoms with Crippen LogP contribution in [0, 0.1) is 6.92 Å². The molecule has 0 aliphatic carbocycles. The van der Waals surface area contributed by atoms with Gasteiger partial charge >= 0.3 is 0 Å². The molecule has 0 fully saturated rings. The molecule has 0 unspecified atom stereocenters. The van der Waals surface area contributed by atoms with Crippen molar-refractivity contribution in [1.29, 1.82) is 0 Å². The van der Waals surface area contributed by atoms with Crippen LogP contribution in [0.4, 0.5) is 5.82 Å². The fourth-order valence-corrected chi connectivity index (χ4v) is 3.38. The topological polar surface area (TPSA) is 161 Å². The van der Waals surface area contributed by atoms with Gasteiger partial charge in [-0.15, -0.1) is 10.2 Å². The predicted molar refractivity (Wildman–Crippen MR) is 131 cm³/mol. The highest BCUT2D eigenvalue weighted by Crippen LogP contribution is 2.27. The summed E-state index contributed by atoms with van der Waals surface area (Å²) in [7, 11) is 1.60. The molecular formula is C25H30N4O6. The minimum atomic E-state index is -1.76. The van der Waals surface area contributed by atoms with Crippen LogP contribution in [0.3, 0.4) is 0 Å². The molecule has 0 saturated heterocycles. The number of methoxy groups -OCH3 is 1. The molecule has 3 rings (SSSR count). The van der Waals surface area contributed by atoms with Crippen LogP contribution in [0.2, 0.25) is 0 Å². The van der Waals surface area contributed by atoms with Gasteiger partial charge < -0.3 is 30.3 Å². The zero-order valence-corrected chi connectivity index (χ0v) is 19.5. The first-order chi connectivity index (χ1) is 16.8. The molecule has 0 spiro atoms. The van der Waals surface area contributed by atoms with Crippen LogP contribution in [-0.4, -0.2) is 80.1 Å². The molecule has 10 heteroatoms. The Morgan fingerprint density at radius 3 is 2.37 bits per heavy atom. The maximum absolute atomic E-state index is 10.1. The van der Waals surface area contributed by atoms with E-state index in [9.17, 15) is 20.4 Å². The number of hydrogen-bond donors (Lipinski definition) is 6. The van der Waals surface area contributed by atoms with E-state index in [0.717, 1.165) is 28.5 Å². The molecule has 0 radical (unpaired) electrons. The smallest absolute Gasteiger partial charge is 0.172 e. The standard InChI is InChI=1S/C25H30N4O6/c1-15-7-9-16(10-8-15)19-12-18(11-17-5-3-4-6-22(17)35-2)25(29-27-19)28-26-13-20(31)23(33)24(34)21(32)14-30/h3-10,12-13,20-21,23-24,30-34H,11,14H2,1-2H3,(H,28,29)/b26-13+/t20-,21+,23+,24+/m0/s1. The number of rotatable bonds is 11. The van der Waals surface area contributed by atoms with Gasteiger partial charge in [0.25, 0.3) is 0 Å². The largest absolute Gasteiger partial charge is 0.496 e. The first-order valence-electron chi connectivity index (χ1n) is 11.0. The van der Waals surface area contributed by atoms with Crippen LogP contribution in [0.1, 0.15) is 16.7 Å². The molecule has 35 heavy (non-hydrogen) atoms. The first kappa shape index (κ1) is 26.2. The lowest BCUT2D eigenvalue weighted by atomic mass is 10.0. The maximum Gasteiger partial charge on any atom is 0.172 e. The third-order valence-electron chi connectivity index (χ3n) is 5.47. The van der Waals surface area contributed by atoms with Gasteiger partial charge in [-0.05, 0) is 24.6 Å². The lowest BCUT2D eigenvalue weighted by Gasteiger charge is -2.23. The third-order valence-corrected chi connectivity index (χ3v) is 5.47. The summed E-state index contributed by atoms with van der Waals surface area (Å²) in [4.78, 5) is 0. The van der Waals surface area contributed by atoms with Crippen LogP contribution in [0.25, 0.3) is 11.3 Å². The second-order valence-electron chi connectivity index (χ2n) is 8.07. The van der Waals surface area contributed by atoms with Crippen molar-refractivity contribution in [3.8, 4) is 17.0 Å². The Kier molecular flexibility index (Phi) is 9.24. The van der Waals surface area contributed by atoms with Crippen molar-refractivity contribution in [2.45, 2.75) is 37.8 Å². The summed E-state index contributed by atoms with van der Waals surface area (Å²) in [5.74, 6) is 1.03. The van der Waals surface area contributed by atoms with Gasteiger partial charge in [0, 0.05) is 17.5 Å². The molecule has 0 aliphatic rings. The summed E-state index contributed by atoms with van der Waals surface area (Å²) in [6, 6.07) is 17.4. The Bertz CT molecular complexity index is 1130. The second kappa shape index (κ2) is 12.3. The van der Waals surface area contributed by atoms with Gasteiger partial charge in [0.15, 0.2) is 5.82 Å². The van der Waals surface area contributed by atoms with Crippen LogP contribution >= 0.6 is 0 Å². The van der Waals surface area contributed by atoms with E-state index in [-0.39, 0.29) is 0 Å². The summed E-state index contributed by atoms with van der Waals surface area (Å²) in [5.41, 5.74) is 7.08. The highest BCUT2D eigenvalue weighted by Gasteiger charge is 2.29. The quantitative estimate of drug-likeness (QED) is 0.172. The number of aliphatic hydroxyl groups is 5. The van der Waals surface area contributed by atoms with E-state index in [1.54, 1.807) is 7.11 Å². The Morgan fingerprint density at radius 1 is 0.971 bits per heavy atom. The minimum absolute atomic E-state index is 0.320. The predicted octanol–water partition coefficient (Wildman–Crippen LogP) is 0.885. The lowest BCUT2D eigenvalue weighted by Crippen LogP contribution is -2.46. The van der Waals surface area contributed by atoms with Crippen molar-refractivity contribution in [1.82, 2.24) is 10.2 Å². The number of aromatic nitrogens is 2. The van der Waals surface area contributed by atoms with Crippen LogP contribution in [-0.2, 0) is 6.42 Å². The van der Waals surface area contributed by atoms with Gasteiger partial charge in [0.1, 0.15) is 30.2 Å². The lowest BCUT2D eigenvalue weighted by molar-refractivity contribution is -0.0999. The van der Waals surface area contributed by atoms with Crippen molar-refractivity contribution in [2.24, 2.45) is 5.10 Å². The highest BCUT2D eigenvalue weighted by molar-refractivity contribution is 5.66. The van der Waals surface area contributed by atoms with Crippen molar-refractivity contribution in [3.05, 3.63) is 71.3 Å². The highest BCUT2D eigenvalue weighted by atomic mass is 16.5. The molecule has 0 saturated carbocycles. The van der Waals surface area contributed by atoms with E-state index in [2.05, 4.69) is 20.7 Å². The molecule has 0 aliphatic heterocycles. The molecule has 3 aromatic rings. The zero-order valence-electron chi connectivity index (χ0n) is 19.5. The molecule has 4 atom stereocenters. The van der Waals surface area contributed by atoms with Gasteiger partial charge in [0.05, 0.1) is 25.6 Å². The molecule has 186 valence electrons. The minimum Gasteiger partial charge on any atom is -0.496 e. The Hall–Kier alpha value is -3.41. The summed E-state index contributed by atoms with van der Waals surface area (Å²) < 4.78 is 5.47. The second-order valence-corrected chi connectivity index (χ2v) is 8.07. The number of ether oxygens (including phenoxy) is 1. The summed E-state index contributed by atoms with van der Waals surface area (Å²) in [6.45, 7) is 1.23. The fourth-order valence-electron chi connectivity index (χ4n) is 3.38. The Labute approximate surface area is 203 Å². The van der Waals surface area contributed by atoms with Gasteiger partial charge in [-0.1, -0.05) is 48.0 Å². The number of hydrazone groups is 1. The number of anilines is 1. The number of nitrogens with zero attached hydrogens (tertiary/aromatic N) is 3. The maximum atomic E-state index is 10.1. The molecule has 6 N–H and O–H groups in total. The number of aliphatic hydroxyl groups excluding tert-OH is 5. The van der Waals surface area contributed by atoms with E-state index < -0.39 is 31.0 Å². The third kappa shape index (κ3) is 6.81. The molecular weight excluding hydrogens is 452 g/mol. The van der Waals surface area contributed by atoms with Gasteiger partial charge in [-0.25, -0.2) is 0 Å². The Balaban J connectivity index is 1.86. The number of aryl methyl sites for hydroxylation is 1. The Morgan fingerprint density at radius 2 is 1.69 bits per heavy atom. The molecule has 10 nitrogen and oxygen atoms in total. The van der Waals surface area contributed by atoms with Crippen molar-refractivity contribution in [2.75, 3.05) is 19.1 Å². The van der Waals surface area contributed by atoms with Crippen molar-refractivity contribution < 1.29 is 30.3 Å². The van der Waals surface area contributed by atoms with Crippen LogP contribution in [0.15, 0.2) is 59.7 Å². The van der Waals surface area contributed by atoms with E-state index >= 15 is 0 Å².